The van der Waals surface area contributed by atoms with Gasteiger partial charge in [0.15, 0.2) is 16.9 Å². The molecule has 0 bridgehead atoms. The van der Waals surface area contributed by atoms with E-state index in [0.717, 1.165) is 0 Å². The SMILES string of the molecule is CCOCC(=O)C(Cl)C(=O)CC. The molecule has 0 spiro atoms. The molecule has 3 nitrogen and oxygen atoms in total. The van der Waals surface area contributed by atoms with Gasteiger partial charge in [-0.25, -0.2) is 0 Å². The van der Waals surface area contributed by atoms with Crippen LogP contribution < -0.4 is 0 Å². The zero-order chi connectivity index (χ0) is 9.56. The summed E-state index contributed by atoms with van der Waals surface area (Å²) in [5.41, 5.74) is 0. The normalized spacial score (nSPS) is 12.6. The zero-order valence-electron chi connectivity index (χ0n) is 7.30. The molecule has 0 aliphatic rings. The average Bonchev–Trinajstić information content (AvgIpc) is 2.11. The number of Topliss-reactive ketones (excluding diaryl/α,β-unsaturated/α-hetero) is 2. The summed E-state index contributed by atoms with van der Waals surface area (Å²) in [4.78, 5) is 21.9. The third kappa shape index (κ3) is 3.83. The molecule has 4 heteroatoms. The van der Waals surface area contributed by atoms with Crippen molar-refractivity contribution >= 4 is 23.2 Å². The highest BCUT2D eigenvalue weighted by Crippen LogP contribution is 2.02. The van der Waals surface area contributed by atoms with Crippen molar-refractivity contribution in [2.45, 2.75) is 25.6 Å². The van der Waals surface area contributed by atoms with Gasteiger partial charge in [-0.05, 0) is 6.92 Å². The highest BCUT2D eigenvalue weighted by Gasteiger charge is 2.21. The summed E-state index contributed by atoms with van der Waals surface area (Å²) in [7, 11) is 0. The summed E-state index contributed by atoms with van der Waals surface area (Å²) in [6, 6.07) is 0. The standard InChI is InChI=1S/C8H13ClO3/c1-3-6(10)8(9)7(11)5-12-4-2/h8H,3-5H2,1-2H3. The maximum absolute atomic E-state index is 11.0. The third-order valence-electron chi connectivity index (χ3n) is 1.36. The van der Waals surface area contributed by atoms with E-state index in [1.165, 1.54) is 0 Å². The number of alkyl halides is 1. The van der Waals surface area contributed by atoms with E-state index in [-0.39, 0.29) is 24.6 Å². The fourth-order valence-corrected chi connectivity index (χ4v) is 0.852. The van der Waals surface area contributed by atoms with Crippen LogP contribution in [0.2, 0.25) is 0 Å². The van der Waals surface area contributed by atoms with Crippen molar-refractivity contribution < 1.29 is 14.3 Å². The lowest BCUT2D eigenvalue weighted by molar-refractivity contribution is -0.129. The van der Waals surface area contributed by atoms with Gasteiger partial charge in [-0.3, -0.25) is 9.59 Å². The molecule has 0 saturated heterocycles. The van der Waals surface area contributed by atoms with E-state index in [2.05, 4.69) is 0 Å². The quantitative estimate of drug-likeness (QED) is 0.469. The Morgan fingerprint density at radius 1 is 1.33 bits per heavy atom. The first kappa shape index (κ1) is 11.6. The Morgan fingerprint density at radius 3 is 2.33 bits per heavy atom. The van der Waals surface area contributed by atoms with E-state index in [1.54, 1.807) is 13.8 Å². The van der Waals surface area contributed by atoms with Gasteiger partial charge in [0.2, 0.25) is 0 Å². The highest BCUT2D eigenvalue weighted by atomic mass is 35.5. The Bertz CT molecular complexity index is 168. The fraction of sp³-hybridized carbons (Fsp3) is 0.750. The molecule has 0 heterocycles. The minimum absolute atomic E-state index is 0.0730. The van der Waals surface area contributed by atoms with Crippen molar-refractivity contribution in [1.29, 1.82) is 0 Å². The molecule has 0 aliphatic carbocycles. The molecule has 0 amide bonds. The molecule has 0 rings (SSSR count). The molecule has 0 saturated carbocycles. The predicted octanol–water partition coefficient (Wildman–Crippen LogP) is 1.18. The van der Waals surface area contributed by atoms with Crippen LogP contribution in [0.3, 0.4) is 0 Å². The van der Waals surface area contributed by atoms with Crippen molar-refractivity contribution in [3.63, 3.8) is 0 Å². The van der Waals surface area contributed by atoms with Crippen molar-refractivity contribution in [3.8, 4) is 0 Å². The zero-order valence-corrected chi connectivity index (χ0v) is 8.06. The van der Waals surface area contributed by atoms with Crippen molar-refractivity contribution in [2.24, 2.45) is 0 Å². The Labute approximate surface area is 77.0 Å². The summed E-state index contributed by atoms with van der Waals surface area (Å²) in [6.45, 7) is 3.83. The van der Waals surface area contributed by atoms with Crippen LogP contribution in [0.25, 0.3) is 0 Å². The number of rotatable bonds is 6. The summed E-state index contributed by atoms with van der Waals surface area (Å²) >= 11 is 5.54. The van der Waals surface area contributed by atoms with Crippen LogP contribution in [0, 0.1) is 0 Å². The summed E-state index contributed by atoms with van der Waals surface area (Å²) in [5.74, 6) is -0.605. The monoisotopic (exact) mass is 192 g/mol. The molecule has 0 aromatic heterocycles. The number of ketones is 2. The largest absolute Gasteiger partial charge is 0.374 e. The van der Waals surface area contributed by atoms with Crippen LogP contribution in [-0.2, 0) is 14.3 Å². The number of hydrogen-bond acceptors (Lipinski definition) is 3. The lowest BCUT2D eigenvalue weighted by atomic mass is 10.1. The first-order valence-corrected chi connectivity index (χ1v) is 4.34. The molecule has 0 aromatic rings. The van der Waals surface area contributed by atoms with Gasteiger partial charge in [-0.2, -0.15) is 0 Å². The number of carbonyl (C=O) groups is 2. The molecule has 0 aromatic carbocycles. The lowest BCUT2D eigenvalue weighted by Gasteiger charge is -2.05. The van der Waals surface area contributed by atoms with Gasteiger partial charge in [0, 0.05) is 13.0 Å². The topological polar surface area (TPSA) is 43.4 Å². The van der Waals surface area contributed by atoms with Crippen LogP contribution in [0.4, 0.5) is 0 Å². The van der Waals surface area contributed by atoms with Gasteiger partial charge in [-0.1, -0.05) is 6.92 Å². The van der Waals surface area contributed by atoms with Gasteiger partial charge in [0.1, 0.15) is 6.61 Å². The molecule has 70 valence electrons. The van der Waals surface area contributed by atoms with E-state index in [0.29, 0.717) is 6.61 Å². The van der Waals surface area contributed by atoms with Crippen LogP contribution in [0.1, 0.15) is 20.3 Å². The lowest BCUT2D eigenvalue weighted by Crippen LogP contribution is -2.27. The molecule has 12 heavy (non-hydrogen) atoms. The van der Waals surface area contributed by atoms with Crippen molar-refractivity contribution in [3.05, 3.63) is 0 Å². The van der Waals surface area contributed by atoms with Crippen LogP contribution in [0.5, 0.6) is 0 Å². The maximum Gasteiger partial charge on any atom is 0.183 e. The van der Waals surface area contributed by atoms with Crippen molar-refractivity contribution in [1.82, 2.24) is 0 Å². The van der Waals surface area contributed by atoms with E-state index < -0.39 is 5.38 Å². The van der Waals surface area contributed by atoms with E-state index in [9.17, 15) is 9.59 Å². The van der Waals surface area contributed by atoms with Gasteiger partial charge >= 0.3 is 0 Å². The minimum atomic E-state index is -1.03. The van der Waals surface area contributed by atoms with Crippen LogP contribution >= 0.6 is 11.6 Å². The smallest absolute Gasteiger partial charge is 0.183 e. The highest BCUT2D eigenvalue weighted by molar-refractivity contribution is 6.42. The predicted molar refractivity (Wildman–Crippen MR) is 46.4 cm³/mol. The Morgan fingerprint density at radius 2 is 1.92 bits per heavy atom. The molecule has 0 fully saturated rings. The Balaban J connectivity index is 3.84. The van der Waals surface area contributed by atoms with Gasteiger partial charge in [0.05, 0.1) is 0 Å². The fourth-order valence-electron chi connectivity index (χ4n) is 0.635. The average molecular weight is 193 g/mol. The van der Waals surface area contributed by atoms with E-state index in [1.807, 2.05) is 0 Å². The summed E-state index contributed by atoms with van der Waals surface area (Å²) < 4.78 is 4.82. The first-order valence-electron chi connectivity index (χ1n) is 3.90. The second-order valence-electron chi connectivity index (χ2n) is 2.29. The minimum Gasteiger partial charge on any atom is -0.374 e. The Hall–Kier alpha value is -0.410. The second-order valence-corrected chi connectivity index (χ2v) is 2.72. The van der Waals surface area contributed by atoms with Crippen LogP contribution in [-0.4, -0.2) is 30.2 Å². The maximum atomic E-state index is 11.0. The van der Waals surface area contributed by atoms with E-state index in [4.69, 9.17) is 16.3 Å². The molecular formula is C8H13ClO3. The summed E-state index contributed by atoms with van der Waals surface area (Å²) in [6.07, 6.45) is 0.284. The number of ether oxygens (including phenoxy) is 1. The number of hydrogen-bond donors (Lipinski definition) is 0. The van der Waals surface area contributed by atoms with Crippen molar-refractivity contribution in [2.75, 3.05) is 13.2 Å². The Kier molecular flexibility index (Phi) is 5.93. The number of carbonyl (C=O) groups excluding carboxylic acids is 2. The second kappa shape index (κ2) is 6.14. The molecule has 0 radical (unpaired) electrons. The number of halogens is 1. The van der Waals surface area contributed by atoms with Gasteiger partial charge in [0.25, 0.3) is 0 Å². The summed E-state index contributed by atoms with van der Waals surface area (Å²) in [5, 5.41) is -1.03. The molecule has 1 unspecified atom stereocenters. The molecular weight excluding hydrogens is 180 g/mol. The molecule has 0 N–H and O–H groups in total. The van der Waals surface area contributed by atoms with E-state index >= 15 is 0 Å². The molecule has 0 aliphatic heterocycles. The third-order valence-corrected chi connectivity index (χ3v) is 1.85. The van der Waals surface area contributed by atoms with Gasteiger partial charge < -0.3 is 4.74 Å². The van der Waals surface area contributed by atoms with Gasteiger partial charge in [-0.15, -0.1) is 11.6 Å². The van der Waals surface area contributed by atoms with Crippen LogP contribution in [0.15, 0.2) is 0 Å². The molecule has 1 atom stereocenters. The first-order chi connectivity index (χ1) is 5.63.